The summed E-state index contributed by atoms with van der Waals surface area (Å²) in [5, 5.41) is -0.588. The molecule has 1 atom stereocenters. The normalized spacial score (nSPS) is 22.1. The van der Waals surface area contributed by atoms with Gasteiger partial charge in [0, 0.05) is 0 Å². The lowest BCUT2D eigenvalue weighted by atomic mass is 10.0. The molecule has 2 N–H and O–H groups in total. The van der Waals surface area contributed by atoms with Crippen molar-refractivity contribution in [2.45, 2.75) is 0 Å². The smallest absolute Gasteiger partial charge is 0.233 e. The van der Waals surface area contributed by atoms with Crippen LogP contribution in [0.4, 0.5) is 0 Å². The predicted octanol–water partition coefficient (Wildman–Crippen LogP) is 1.30. The van der Waals surface area contributed by atoms with Crippen LogP contribution in [0.5, 0.6) is 0 Å². The van der Waals surface area contributed by atoms with Crippen LogP contribution >= 0.6 is 34.8 Å². The first-order valence-electron chi connectivity index (χ1n) is 3.38. The third-order valence-corrected chi connectivity index (χ3v) is 3.36. The largest absolute Gasteiger partial charge is 0.396 e. The monoisotopic (exact) mass is 271 g/mol. The summed E-state index contributed by atoms with van der Waals surface area (Å²) in [5.41, 5.74) is 5.55. The lowest BCUT2D eigenvalue weighted by molar-refractivity contribution is -0.112. The maximum atomic E-state index is 10.9. The van der Waals surface area contributed by atoms with Crippen molar-refractivity contribution in [1.82, 2.24) is 0 Å². The van der Waals surface area contributed by atoms with Gasteiger partial charge in [-0.3, -0.25) is 4.79 Å². The van der Waals surface area contributed by atoms with Crippen LogP contribution in [0, 0.1) is 5.92 Å². The lowest BCUT2D eigenvalue weighted by Crippen LogP contribution is -2.25. The van der Waals surface area contributed by atoms with Gasteiger partial charge in [-0.25, -0.2) is 4.21 Å². The minimum Gasteiger partial charge on any atom is -0.396 e. The van der Waals surface area contributed by atoms with Gasteiger partial charge in [0.1, 0.15) is 0 Å². The van der Waals surface area contributed by atoms with Crippen LogP contribution in [0.15, 0.2) is 21.8 Å². The molecule has 0 aliphatic heterocycles. The van der Waals surface area contributed by atoms with Crippen LogP contribution in [-0.2, 0) is 16.1 Å². The van der Waals surface area contributed by atoms with Crippen LogP contribution in [0.2, 0.25) is 0 Å². The first-order valence-corrected chi connectivity index (χ1v) is 5.26. The number of hydrogen-bond acceptors (Lipinski definition) is 3. The first kappa shape index (κ1) is 11.8. The molecule has 1 unspecified atom stereocenters. The average Bonchev–Trinajstić information content (AvgIpc) is 2.13. The second-order valence-corrected chi connectivity index (χ2v) is 4.24. The molecular formula is C7H4Cl3NO2S. The Morgan fingerprint density at radius 2 is 2.07 bits per heavy atom. The van der Waals surface area contributed by atoms with Gasteiger partial charge in [0.25, 0.3) is 0 Å². The van der Waals surface area contributed by atoms with Gasteiger partial charge in [0.2, 0.25) is 5.24 Å². The van der Waals surface area contributed by atoms with Crippen LogP contribution < -0.4 is 5.73 Å². The summed E-state index contributed by atoms with van der Waals surface area (Å²) in [7, 11) is 0. The van der Waals surface area contributed by atoms with E-state index in [4.69, 9.17) is 40.5 Å². The third kappa shape index (κ3) is 2.03. The van der Waals surface area contributed by atoms with Crippen LogP contribution in [0.25, 0.3) is 0 Å². The molecule has 0 spiro atoms. The average molecular weight is 273 g/mol. The van der Waals surface area contributed by atoms with Crippen molar-refractivity contribution in [1.29, 1.82) is 0 Å². The number of carbonyl (C=O) groups excluding carboxylic acids is 1. The number of halogens is 3. The summed E-state index contributed by atoms with van der Waals surface area (Å²) in [4.78, 5) is 11.0. The molecule has 1 aliphatic carbocycles. The Labute approximate surface area is 98.6 Å². The van der Waals surface area contributed by atoms with Crippen molar-refractivity contribution in [2.24, 2.45) is 11.7 Å². The zero-order valence-electron chi connectivity index (χ0n) is 6.59. The van der Waals surface area contributed by atoms with Gasteiger partial charge in [-0.05, 0) is 17.7 Å². The highest BCUT2D eigenvalue weighted by Gasteiger charge is 2.29. The minimum absolute atomic E-state index is 0.00324. The summed E-state index contributed by atoms with van der Waals surface area (Å²) >= 11 is 16.8. The van der Waals surface area contributed by atoms with E-state index in [-0.39, 0.29) is 31.9 Å². The molecule has 0 saturated heterocycles. The molecule has 0 heterocycles. The van der Waals surface area contributed by atoms with E-state index in [0.717, 1.165) is 0 Å². The standard InChI is InChI=1S/C7H4Cl3NO2S/c8-3-1-2(7(10)12)6(14-13)4(9)5(3)11/h1-2H,11H2. The van der Waals surface area contributed by atoms with Gasteiger partial charge in [-0.1, -0.05) is 23.2 Å². The van der Waals surface area contributed by atoms with Gasteiger partial charge in [-0.2, -0.15) is 0 Å². The van der Waals surface area contributed by atoms with Crippen LogP contribution in [0.3, 0.4) is 0 Å². The highest BCUT2D eigenvalue weighted by molar-refractivity contribution is 7.67. The molecular weight excluding hydrogens is 269 g/mol. The lowest BCUT2D eigenvalue weighted by Gasteiger charge is -2.16. The van der Waals surface area contributed by atoms with Crippen LogP contribution in [-0.4, -0.2) is 14.3 Å². The molecule has 7 heteroatoms. The Morgan fingerprint density at radius 3 is 2.50 bits per heavy atom. The molecule has 0 aromatic heterocycles. The zero-order chi connectivity index (χ0) is 10.9. The van der Waals surface area contributed by atoms with Crippen molar-refractivity contribution in [3.63, 3.8) is 0 Å². The summed E-state index contributed by atoms with van der Waals surface area (Å²) in [6.07, 6.45) is 1.30. The summed E-state index contributed by atoms with van der Waals surface area (Å²) in [5.74, 6) is -0.897. The number of nitrogens with two attached hydrogens (primary N) is 1. The van der Waals surface area contributed by atoms with Gasteiger partial charge in [0.05, 0.1) is 37.8 Å². The molecule has 76 valence electrons. The molecule has 14 heavy (non-hydrogen) atoms. The van der Waals surface area contributed by atoms with E-state index in [2.05, 4.69) is 0 Å². The quantitative estimate of drug-likeness (QED) is 0.578. The fraction of sp³-hybridized carbons (Fsp3) is 0.143. The number of carbonyl (C=O) groups is 1. The summed E-state index contributed by atoms with van der Waals surface area (Å²) < 4.78 is 10.7. The molecule has 0 radical (unpaired) electrons. The SMILES string of the molecule is NC1=C(Cl)C(=S=O)C(C(=O)Cl)C=C1Cl. The fourth-order valence-corrected chi connectivity index (χ4v) is 2.22. The van der Waals surface area contributed by atoms with Crippen molar-refractivity contribution in [3.8, 4) is 0 Å². The number of hydrogen-bond donors (Lipinski definition) is 1. The maximum absolute atomic E-state index is 10.9. The first-order chi connectivity index (χ1) is 6.49. The Kier molecular flexibility index (Phi) is 3.78. The van der Waals surface area contributed by atoms with Crippen molar-refractivity contribution in [2.75, 3.05) is 0 Å². The van der Waals surface area contributed by atoms with Crippen molar-refractivity contribution >= 4 is 56.2 Å². The van der Waals surface area contributed by atoms with Crippen molar-refractivity contribution < 1.29 is 9.00 Å². The van der Waals surface area contributed by atoms with Gasteiger partial charge in [0.15, 0.2) is 0 Å². The van der Waals surface area contributed by atoms with E-state index in [1.165, 1.54) is 6.08 Å². The second kappa shape index (κ2) is 4.49. The molecule has 0 bridgehead atoms. The zero-order valence-corrected chi connectivity index (χ0v) is 9.67. The Morgan fingerprint density at radius 1 is 1.50 bits per heavy atom. The Balaban J connectivity index is 3.32. The minimum atomic E-state index is -0.897. The van der Waals surface area contributed by atoms with E-state index in [0.29, 0.717) is 0 Å². The second-order valence-electron chi connectivity index (χ2n) is 2.47. The van der Waals surface area contributed by atoms with E-state index in [9.17, 15) is 9.00 Å². The molecule has 0 aromatic carbocycles. The third-order valence-electron chi connectivity index (χ3n) is 1.64. The molecule has 0 amide bonds. The molecule has 0 fully saturated rings. The molecule has 0 saturated carbocycles. The van der Waals surface area contributed by atoms with Crippen LogP contribution in [0.1, 0.15) is 0 Å². The van der Waals surface area contributed by atoms with Gasteiger partial charge >= 0.3 is 0 Å². The van der Waals surface area contributed by atoms with E-state index >= 15 is 0 Å². The fourth-order valence-electron chi connectivity index (χ4n) is 0.943. The Hall–Kier alpha value is -0.290. The van der Waals surface area contributed by atoms with E-state index in [1.54, 1.807) is 0 Å². The number of rotatable bonds is 1. The number of allylic oxidation sites excluding steroid dienone is 3. The molecule has 1 rings (SSSR count). The molecule has 3 nitrogen and oxygen atoms in total. The van der Waals surface area contributed by atoms with Gasteiger partial charge in [-0.15, -0.1) is 0 Å². The van der Waals surface area contributed by atoms with E-state index < -0.39 is 11.2 Å². The Bertz CT molecular complexity index is 409. The predicted molar refractivity (Wildman–Crippen MR) is 58.5 cm³/mol. The summed E-state index contributed by atoms with van der Waals surface area (Å²) in [6, 6.07) is 0. The van der Waals surface area contributed by atoms with E-state index in [1.807, 2.05) is 0 Å². The highest BCUT2D eigenvalue weighted by Crippen LogP contribution is 2.29. The van der Waals surface area contributed by atoms with Gasteiger partial charge < -0.3 is 5.73 Å². The molecule has 0 aromatic rings. The summed E-state index contributed by atoms with van der Waals surface area (Å²) in [6.45, 7) is 0. The molecule has 1 aliphatic rings. The topological polar surface area (TPSA) is 60.2 Å². The highest BCUT2D eigenvalue weighted by atomic mass is 35.5. The maximum Gasteiger partial charge on any atom is 0.233 e. The van der Waals surface area contributed by atoms with Crippen molar-refractivity contribution in [3.05, 3.63) is 21.8 Å².